The third-order valence-electron chi connectivity index (χ3n) is 7.07. The molecule has 3 fully saturated rings. The van der Waals surface area contributed by atoms with Crippen molar-refractivity contribution < 1.29 is 14.3 Å². The standard InChI is InChI=1S/C22H27N5O3S/c1-14-17(25-21(29-14)19-3-2-6-31-19)8-26-7-16-15(11-28)18-9-27(10-20-23-4-5-24-20)13-22(16,12-26)30-18/h2-6,15-16,18,28H,7-13H2,1H3,(H,23,24)/t15-,16+,18+,22-/m0/s1. The summed E-state index contributed by atoms with van der Waals surface area (Å²) in [5.41, 5.74) is 0.747. The molecule has 8 nitrogen and oxygen atoms in total. The predicted octanol–water partition coefficient (Wildman–Crippen LogP) is 2.13. The maximum Gasteiger partial charge on any atom is 0.236 e. The van der Waals surface area contributed by atoms with Crippen LogP contribution in [0.4, 0.5) is 0 Å². The molecule has 31 heavy (non-hydrogen) atoms. The Morgan fingerprint density at radius 2 is 2.16 bits per heavy atom. The number of hydrogen-bond donors (Lipinski definition) is 2. The molecular weight excluding hydrogens is 414 g/mol. The second-order valence-corrected chi connectivity index (χ2v) is 10.00. The van der Waals surface area contributed by atoms with Crippen LogP contribution in [0.5, 0.6) is 0 Å². The third kappa shape index (κ3) is 3.35. The minimum Gasteiger partial charge on any atom is -0.440 e. The zero-order valence-corrected chi connectivity index (χ0v) is 18.3. The third-order valence-corrected chi connectivity index (χ3v) is 7.93. The highest BCUT2D eigenvalue weighted by Crippen LogP contribution is 2.49. The zero-order valence-electron chi connectivity index (χ0n) is 17.5. The lowest BCUT2D eigenvalue weighted by molar-refractivity contribution is -0.120. The fourth-order valence-corrected chi connectivity index (χ4v) is 6.40. The number of morpholine rings is 1. The van der Waals surface area contributed by atoms with Crippen LogP contribution in [0.1, 0.15) is 17.3 Å². The first kappa shape index (κ1) is 19.6. The molecule has 0 radical (unpaired) electrons. The number of hydrogen-bond acceptors (Lipinski definition) is 8. The summed E-state index contributed by atoms with van der Waals surface area (Å²) in [7, 11) is 0. The van der Waals surface area contributed by atoms with E-state index in [9.17, 15) is 5.11 Å². The molecule has 164 valence electrons. The second kappa shape index (κ2) is 7.53. The van der Waals surface area contributed by atoms with E-state index in [1.165, 1.54) is 0 Å². The average molecular weight is 442 g/mol. The quantitative estimate of drug-likeness (QED) is 0.606. The number of fused-ring (bicyclic) bond motifs is 1. The van der Waals surface area contributed by atoms with Gasteiger partial charge in [0.05, 0.1) is 28.8 Å². The molecule has 9 heteroatoms. The Kier molecular flexibility index (Phi) is 4.77. The number of likely N-dealkylation sites (tertiary alicyclic amines) is 2. The summed E-state index contributed by atoms with van der Waals surface area (Å²) in [6.45, 7) is 7.15. The molecule has 3 aliphatic heterocycles. The normalized spacial score (nSPS) is 30.8. The molecule has 0 saturated carbocycles. The summed E-state index contributed by atoms with van der Waals surface area (Å²) in [4.78, 5) is 18.3. The Morgan fingerprint density at radius 3 is 2.90 bits per heavy atom. The molecule has 0 amide bonds. The summed E-state index contributed by atoms with van der Waals surface area (Å²) in [6.07, 6.45) is 3.74. The Balaban J connectivity index is 1.20. The van der Waals surface area contributed by atoms with Crippen LogP contribution in [0.15, 0.2) is 34.3 Å². The van der Waals surface area contributed by atoms with Crippen LogP contribution in [-0.2, 0) is 17.8 Å². The maximum atomic E-state index is 10.2. The smallest absolute Gasteiger partial charge is 0.236 e. The van der Waals surface area contributed by atoms with Crippen molar-refractivity contribution in [3.8, 4) is 10.8 Å². The molecule has 6 heterocycles. The maximum absolute atomic E-state index is 10.2. The fraction of sp³-hybridized carbons (Fsp3) is 0.545. The van der Waals surface area contributed by atoms with Crippen molar-refractivity contribution >= 4 is 11.3 Å². The van der Waals surface area contributed by atoms with Gasteiger partial charge >= 0.3 is 0 Å². The number of imidazole rings is 1. The van der Waals surface area contributed by atoms with Crippen molar-refractivity contribution in [1.82, 2.24) is 24.8 Å². The van der Waals surface area contributed by atoms with Crippen LogP contribution in [0.2, 0.25) is 0 Å². The van der Waals surface area contributed by atoms with Gasteiger partial charge in [0.25, 0.3) is 0 Å². The fourth-order valence-electron chi connectivity index (χ4n) is 5.75. The Labute approximate surface area is 184 Å². The lowest BCUT2D eigenvalue weighted by Gasteiger charge is -2.40. The van der Waals surface area contributed by atoms with Gasteiger partial charge in [0.15, 0.2) is 0 Å². The van der Waals surface area contributed by atoms with E-state index in [0.29, 0.717) is 11.8 Å². The topological polar surface area (TPSA) is 90.6 Å². The van der Waals surface area contributed by atoms with Crippen LogP contribution in [0.3, 0.4) is 0 Å². The SMILES string of the molecule is Cc1oc(-c2cccs2)nc1CN1C[C@@H]2[C@H](CO)[C@H]3CN(Cc4ncc[nH]4)C[C@]2(C1)O3. The largest absolute Gasteiger partial charge is 0.440 e. The molecule has 2 N–H and O–H groups in total. The van der Waals surface area contributed by atoms with Crippen LogP contribution < -0.4 is 0 Å². The number of thiophene rings is 1. The van der Waals surface area contributed by atoms with Crippen LogP contribution in [0, 0.1) is 18.8 Å². The monoisotopic (exact) mass is 441 g/mol. The average Bonchev–Trinajstić information content (AvgIpc) is 3.54. The van der Waals surface area contributed by atoms with Crippen molar-refractivity contribution in [3.05, 3.63) is 47.2 Å². The van der Waals surface area contributed by atoms with Gasteiger partial charge in [-0.15, -0.1) is 11.3 Å². The molecule has 4 atom stereocenters. The second-order valence-electron chi connectivity index (χ2n) is 9.05. The van der Waals surface area contributed by atoms with Gasteiger partial charge in [0.2, 0.25) is 5.89 Å². The summed E-state index contributed by atoms with van der Waals surface area (Å²) in [5, 5.41) is 12.2. The van der Waals surface area contributed by atoms with Gasteiger partial charge in [-0.1, -0.05) is 6.07 Å². The number of H-pyrrole nitrogens is 1. The molecule has 0 aliphatic carbocycles. The number of oxazole rings is 1. The number of aryl methyl sites for hydroxylation is 1. The van der Waals surface area contributed by atoms with E-state index in [1.54, 1.807) is 17.5 Å². The number of rotatable bonds is 6. The number of aliphatic hydroxyl groups excluding tert-OH is 1. The van der Waals surface area contributed by atoms with E-state index in [4.69, 9.17) is 14.1 Å². The van der Waals surface area contributed by atoms with Crippen molar-refractivity contribution in [1.29, 1.82) is 0 Å². The molecule has 0 unspecified atom stereocenters. The van der Waals surface area contributed by atoms with E-state index in [-0.39, 0.29) is 24.2 Å². The number of ether oxygens (including phenoxy) is 1. The van der Waals surface area contributed by atoms with Gasteiger partial charge in [-0.3, -0.25) is 9.80 Å². The van der Waals surface area contributed by atoms with Crippen molar-refractivity contribution in [2.75, 3.05) is 32.8 Å². The first-order valence-corrected chi connectivity index (χ1v) is 11.7. The minimum atomic E-state index is -0.239. The van der Waals surface area contributed by atoms with Gasteiger partial charge < -0.3 is 19.2 Å². The van der Waals surface area contributed by atoms with E-state index in [0.717, 1.165) is 61.4 Å². The first-order chi connectivity index (χ1) is 15.1. The Hall–Kier alpha value is -2.04. The van der Waals surface area contributed by atoms with Gasteiger partial charge in [0.1, 0.15) is 11.6 Å². The molecule has 6 rings (SSSR count). The molecular formula is C22H27N5O3S. The van der Waals surface area contributed by atoms with Crippen molar-refractivity contribution in [3.63, 3.8) is 0 Å². The summed E-state index contributed by atoms with van der Waals surface area (Å²) in [6, 6.07) is 4.05. The Morgan fingerprint density at radius 1 is 1.29 bits per heavy atom. The number of nitrogens with one attached hydrogen (secondary N) is 1. The van der Waals surface area contributed by atoms with E-state index in [2.05, 4.69) is 19.8 Å². The summed E-state index contributed by atoms with van der Waals surface area (Å²) < 4.78 is 12.6. The first-order valence-electron chi connectivity index (χ1n) is 10.9. The molecule has 3 aliphatic rings. The van der Waals surface area contributed by atoms with Crippen LogP contribution >= 0.6 is 11.3 Å². The number of aliphatic hydroxyl groups is 1. The molecule has 0 aromatic carbocycles. The van der Waals surface area contributed by atoms with Crippen LogP contribution in [-0.4, -0.2) is 74.3 Å². The number of nitrogens with zero attached hydrogens (tertiary/aromatic N) is 4. The molecule has 2 bridgehead atoms. The highest BCUT2D eigenvalue weighted by Gasteiger charge is 2.62. The summed E-state index contributed by atoms with van der Waals surface area (Å²) in [5.74, 6) is 3.05. The zero-order chi connectivity index (χ0) is 21.0. The van der Waals surface area contributed by atoms with Crippen molar-refractivity contribution in [2.24, 2.45) is 11.8 Å². The number of aromatic nitrogens is 3. The molecule has 3 aromatic heterocycles. The lowest BCUT2D eigenvalue weighted by atomic mass is 9.83. The van der Waals surface area contributed by atoms with Gasteiger partial charge in [-0.2, -0.15) is 0 Å². The van der Waals surface area contributed by atoms with E-state index < -0.39 is 0 Å². The molecule has 3 saturated heterocycles. The predicted molar refractivity (Wildman–Crippen MR) is 115 cm³/mol. The highest BCUT2D eigenvalue weighted by atomic mass is 32.1. The van der Waals surface area contributed by atoms with Gasteiger partial charge in [0, 0.05) is 63.6 Å². The minimum absolute atomic E-state index is 0.0834. The van der Waals surface area contributed by atoms with Gasteiger partial charge in [-0.05, 0) is 18.4 Å². The number of aromatic amines is 1. The highest BCUT2D eigenvalue weighted by molar-refractivity contribution is 7.13. The van der Waals surface area contributed by atoms with Crippen LogP contribution in [0.25, 0.3) is 10.8 Å². The van der Waals surface area contributed by atoms with E-state index in [1.807, 2.05) is 30.6 Å². The van der Waals surface area contributed by atoms with E-state index >= 15 is 0 Å². The molecule has 3 aromatic rings. The van der Waals surface area contributed by atoms with Gasteiger partial charge in [-0.25, -0.2) is 9.97 Å². The van der Waals surface area contributed by atoms with Crippen molar-refractivity contribution in [2.45, 2.75) is 31.7 Å². The Bertz CT molecular complexity index is 1040. The molecule has 1 spiro atoms. The lowest BCUT2D eigenvalue weighted by Crippen LogP contribution is -2.53. The summed E-state index contributed by atoms with van der Waals surface area (Å²) >= 11 is 1.64.